The molecule has 1 aromatic carbocycles. The largest absolute Gasteiger partial charge is 0.494 e. The maximum absolute atomic E-state index is 12.9. The van der Waals surface area contributed by atoms with Gasteiger partial charge in [-0.25, -0.2) is 4.79 Å². The van der Waals surface area contributed by atoms with Gasteiger partial charge in [0.2, 0.25) is 0 Å². The Morgan fingerprint density at radius 1 is 1.35 bits per heavy atom. The Bertz CT molecular complexity index is 1120. The molecule has 166 valence electrons. The number of nitrogens with one attached hydrogen (secondary N) is 1. The number of hydrogen-bond donors (Lipinski definition) is 2. The SMILES string of the molecule is CCN(CCC#N)C(c1ccc2c(=O)n(N)c(=O)n(C3CC3)c2c1OC)C1CCNC1. The zero-order valence-electron chi connectivity index (χ0n) is 18.1. The van der Waals surface area contributed by atoms with Crippen LogP contribution in [0.2, 0.25) is 0 Å². The van der Waals surface area contributed by atoms with Crippen LogP contribution in [0, 0.1) is 17.2 Å². The van der Waals surface area contributed by atoms with Crippen molar-refractivity contribution in [1.29, 1.82) is 5.26 Å². The van der Waals surface area contributed by atoms with Crippen LogP contribution < -0.4 is 27.1 Å². The molecule has 0 spiro atoms. The van der Waals surface area contributed by atoms with Crippen molar-refractivity contribution in [2.24, 2.45) is 5.92 Å². The Morgan fingerprint density at radius 2 is 2.13 bits per heavy atom. The van der Waals surface area contributed by atoms with Gasteiger partial charge in [-0.2, -0.15) is 9.94 Å². The fourth-order valence-corrected chi connectivity index (χ4v) is 4.93. The van der Waals surface area contributed by atoms with Crippen molar-refractivity contribution < 1.29 is 4.74 Å². The molecule has 0 amide bonds. The first-order chi connectivity index (χ1) is 15.0. The molecule has 1 saturated carbocycles. The third kappa shape index (κ3) is 3.70. The number of nitriles is 1. The molecule has 9 nitrogen and oxygen atoms in total. The van der Waals surface area contributed by atoms with Crippen molar-refractivity contribution in [1.82, 2.24) is 19.5 Å². The van der Waals surface area contributed by atoms with Gasteiger partial charge in [0.25, 0.3) is 5.56 Å². The molecule has 2 fully saturated rings. The summed E-state index contributed by atoms with van der Waals surface area (Å²) in [5, 5.41) is 13.0. The summed E-state index contributed by atoms with van der Waals surface area (Å²) < 4.78 is 8.24. The van der Waals surface area contributed by atoms with Gasteiger partial charge in [0.1, 0.15) is 11.3 Å². The third-order valence-corrected chi connectivity index (χ3v) is 6.55. The summed E-state index contributed by atoms with van der Waals surface area (Å²) in [7, 11) is 1.59. The van der Waals surface area contributed by atoms with Crippen molar-refractivity contribution in [2.45, 2.75) is 44.7 Å². The molecular weight excluding hydrogens is 396 g/mol. The monoisotopic (exact) mass is 426 g/mol. The van der Waals surface area contributed by atoms with Crippen molar-refractivity contribution in [3.8, 4) is 11.8 Å². The van der Waals surface area contributed by atoms with E-state index in [9.17, 15) is 9.59 Å². The van der Waals surface area contributed by atoms with Crippen LogP contribution in [0.4, 0.5) is 0 Å². The molecule has 4 rings (SSSR count). The quantitative estimate of drug-likeness (QED) is 0.607. The molecule has 1 aliphatic carbocycles. The van der Waals surface area contributed by atoms with Gasteiger partial charge in [0.15, 0.2) is 0 Å². The van der Waals surface area contributed by atoms with E-state index in [2.05, 4.69) is 23.2 Å². The number of fused-ring (bicyclic) bond motifs is 1. The van der Waals surface area contributed by atoms with Crippen LogP contribution in [0.3, 0.4) is 0 Å². The van der Waals surface area contributed by atoms with E-state index >= 15 is 0 Å². The Balaban J connectivity index is 1.98. The summed E-state index contributed by atoms with van der Waals surface area (Å²) in [6.45, 7) is 5.33. The van der Waals surface area contributed by atoms with E-state index in [1.807, 2.05) is 6.07 Å². The maximum atomic E-state index is 12.9. The maximum Gasteiger partial charge on any atom is 0.350 e. The Morgan fingerprint density at radius 3 is 2.71 bits per heavy atom. The van der Waals surface area contributed by atoms with Crippen LogP contribution in [-0.2, 0) is 0 Å². The smallest absolute Gasteiger partial charge is 0.350 e. The van der Waals surface area contributed by atoms with Gasteiger partial charge in [-0.05, 0) is 50.9 Å². The minimum absolute atomic E-state index is 0.00997. The standard InChI is InChI=1S/C22H30N6O3/c1-3-26(12-4-10-23)18(14-9-11-25-13-14)16-7-8-17-19(20(16)31-2)27(15-5-6-15)22(30)28(24)21(17)29/h7-8,14-15,18,25H,3-6,9,11-13,24H2,1-2H3. The highest BCUT2D eigenvalue weighted by atomic mass is 16.5. The fourth-order valence-electron chi connectivity index (χ4n) is 4.93. The average Bonchev–Trinajstić information content (AvgIpc) is 3.47. The van der Waals surface area contributed by atoms with Crippen LogP contribution in [0.25, 0.3) is 10.9 Å². The molecule has 1 aromatic heterocycles. The number of rotatable bonds is 8. The van der Waals surface area contributed by atoms with Crippen LogP contribution in [0.15, 0.2) is 21.7 Å². The molecule has 31 heavy (non-hydrogen) atoms. The molecule has 9 heteroatoms. The lowest BCUT2D eigenvalue weighted by atomic mass is 9.89. The van der Waals surface area contributed by atoms with E-state index in [1.165, 1.54) is 0 Å². The van der Waals surface area contributed by atoms with Crippen LogP contribution in [0.5, 0.6) is 5.75 Å². The number of benzene rings is 1. The van der Waals surface area contributed by atoms with Crippen molar-refractivity contribution in [3.05, 3.63) is 38.5 Å². The summed E-state index contributed by atoms with van der Waals surface area (Å²) in [6.07, 6.45) is 3.19. The van der Waals surface area contributed by atoms with Gasteiger partial charge >= 0.3 is 5.69 Å². The predicted octanol–water partition coefficient (Wildman–Crippen LogP) is 1.11. The van der Waals surface area contributed by atoms with Crippen LogP contribution in [0.1, 0.15) is 50.3 Å². The van der Waals surface area contributed by atoms with Gasteiger partial charge in [0, 0.05) is 30.6 Å². The molecule has 1 saturated heterocycles. The highest BCUT2D eigenvalue weighted by Gasteiger charge is 2.35. The van der Waals surface area contributed by atoms with Gasteiger partial charge in [-0.3, -0.25) is 14.3 Å². The van der Waals surface area contributed by atoms with Gasteiger partial charge < -0.3 is 15.9 Å². The zero-order valence-corrected chi connectivity index (χ0v) is 18.1. The Kier molecular flexibility index (Phi) is 6.03. The van der Waals surface area contributed by atoms with Crippen LogP contribution in [-0.4, -0.2) is 47.4 Å². The van der Waals surface area contributed by atoms with E-state index in [-0.39, 0.29) is 12.1 Å². The van der Waals surface area contributed by atoms with Gasteiger partial charge in [-0.15, -0.1) is 0 Å². The first-order valence-corrected chi connectivity index (χ1v) is 11.0. The minimum Gasteiger partial charge on any atom is -0.494 e. The molecular formula is C22H30N6O3. The second-order valence-electron chi connectivity index (χ2n) is 8.38. The number of nitrogen functional groups attached to an aromatic ring is 1. The summed E-state index contributed by atoms with van der Waals surface area (Å²) in [6, 6.07) is 5.99. The summed E-state index contributed by atoms with van der Waals surface area (Å²) in [5.74, 6) is 6.71. The number of aromatic nitrogens is 2. The minimum atomic E-state index is -0.516. The highest BCUT2D eigenvalue weighted by Crippen LogP contribution is 2.43. The first-order valence-electron chi connectivity index (χ1n) is 11.0. The van der Waals surface area contributed by atoms with E-state index in [4.69, 9.17) is 15.8 Å². The van der Waals surface area contributed by atoms with E-state index in [1.54, 1.807) is 17.7 Å². The normalized spacial score (nSPS) is 19.6. The van der Waals surface area contributed by atoms with Gasteiger partial charge in [0.05, 0.1) is 18.6 Å². The van der Waals surface area contributed by atoms with E-state index in [0.29, 0.717) is 40.2 Å². The number of methoxy groups -OCH3 is 1. The fraction of sp³-hybridized carbons (Fsp3) is 0.591. The number of nitrogens with two attached hydrogens (primary N) is 1. The van der Waals surface area contributed by atoms with E-state index < -0.39 is 11.2 Å². The first kappa shape index (κ1) is 21.4. The van der Waals surface area contributed by atoms with E-state index in [0.717, 1.165) is 44.5 Å². The molecule has 2 aromatic rings. The Hall–Kier alpha value is -2.83. The molecule has 2 heterocycles. The summed E-state index contributed by atoms with van der Waals surface area (Å²) in [4.78, 5) is 28.0. The molecule has 2 atom stereocenters. The number of hydrogen-bond acceptors (Lipinski definition) is 7. The highest BCUT2D eigenvalue weighted by molar-refractivity contribution is 5.86. The second kappa shape index (κ2) is 8.73. The van der Waals surface area contributed by atoms with Crippen molar-refractivity contribution in [3.63, 3.8) is 0 Å². The molecule has 1 aliphatic heterocycles. The molecule has 2 unspecified atom stereocenters. The molecule has 0 radical (unpaired) electrons. The third-order valence-electron chi connectivity index (χ3n) is 6.55. The van der Waals surface area contributed by atoms with Gasteiger partial charge in [-0.1, -0.05) is 13.0 Å². The average molecular weight is 427 g/mol. The summed E-state index contributed by atoms with van der Waals surface area (Å²) >= 11 is 0. The lowest BCUT2D eigenvalue weighted by Crippen LogP contribution is -2.44. The van der Waals surface area contributed by atoms with Crippen molar-refractivity contribution in [2.75, 3.05) is 39.1 Å². The molecule has 3 N–H and O–H groups in total. The summed E-state index contributed by atoms with van der Waals surface area (Å²) in [5.41, 5.74) is 0.460. The molecule has 2 aliphatic rings. The van der Waals surface area contributed by atoms with Crippen molar-refractivity contribution >= 4 is 10.9 Å². The second-order valence-corrected chi connectivity index (χ2v) is 8.38. The molecule has 0 bridgehead atoms. The van der Waals surface area contributed by atoms with Crippen LogP contribution >= 0.6 is 0 Å². The Labute approximate surface area is 181 Å². The number of nitrogens with zero attached hydrogens (tertiary/aromatic N) is 4. The lowest BCUT2D eigenvalue weighted by molar-refractivity contribution is 0.155. The topological polar surface area (TPSA) is 118 Å². The lowest BCUT2D eigenvalue weighted by Gasteiger charge is -2.36. The predicted molar refractivity (Wildman–Crippen MR) is 119 cm³/mol. The zero-order chi connectivity index (χ0) is 22.1. The number of ether oxygens (including phenoxy) is 1.